The number of nitrogens with two attached hydrogens (primary N) is 1. The zero-order valence-electron chi connectivity index (χ0n) is 10.4. The van der Waals surface area contributed by atoms with Gasteiger partial charge in [-0.1, -0.05) is 6.92 Å². The van der Waals surface area contributed by atoms with Crippen molar-refractivity contribution in [3.8, 4) is 0 Å². The predicted octanol–water partition coefficient (Wildman–Crippen LogP) is 2.12. The van der Waals surface area contributed by atoms with Crippen molar-refractivity contribution in [2.75, 3.05) is 0 Å². The fourth-order valence-corrected chi connectivity index (χ4v) is 2.81. The number of aromatic nitrogens is 2. The van der Waals surface area contributed by atoms with Crippen molar-refractivity contribution in [2.45, 2.75) is 45.1 Å². The minimum absolute atomic E-state index is 0.424. The first-order chi connectivity index (χ1) is 7.65. The Morgan fingerprint density at radius 2 is 2.31 bits per heavy atom. The van der Waals surface area contributed by atoms with Gasteiger partial charge < -0.3 is 5.73 Å². The van der Waals surface area contributed by atoms with Gasteiger partial charge in [-0.3, -0.25) is 4.68 Å². The third kappa shape index (κ3) is 2.85. The van der Waals surface area contributed by atoms with Crippen LogP contribution in [-0.2, 0) is 13.5 Å². The predicted molar refractivity (Wildman–Crippen MR) is 66.0 cm³/mol. The summed E-state index contributed by atoms with van der Waals surface area (Å²) in [5.41, 5.74) is 7.53. The first-order valence-electron chi connectivity index (χ1n) is 6.38. The van der Waals surface area contributed by atoms with Crippen molar-refractivity contribution < 1.29 is 0 Å². The van der Waals surface area contributed by atoms with E-state index in [1.54, 1.807) is 0 Å². The molecule has 3 atom stereocenters. The number of nitrogens with zero attached hydrogens (tertiary/aromatic N) is 2. The summed E-state index contributed by atoms with van der Waals surface area (Å²) in [6.07, 6.45) is 10.2. The van der Waals surface area contributed by atoms with E-state index in [2.05, 4.69) is 18.2 Å². The van der Waals surface area contributed by atoms with Crippen LogP contribution < -0.4 is 5.73 Å². The van der Waals surface area contributed by atoms with Crippen molar-refractivity contribution >= 4 is 0 Å². The average molecular weight is 221 g/mol. The second-order valence-electron chi connectivity index (χ2n) is 5.40. The molecule has 16 heavy (non-hydrogen) atoms. The van der Waals surface area contributed by atoms with Crippen LogP contribution in [0.4, 0.5) is 0 Å². The van der Waals surface area contributed by atoms with Crippen LogP contribution in [0, 0.1) is 11.8 Å². The number of aryl methyl sites for hydroxylation is 2. The molecular formula is C13H23N3. The molecule has 1 fully saturated rings. The van der Waals surface area contributed by atoms with Gasteiger partial charge in [0.15, 0.2) is 0 Å². The topological polar surface area (TPSA) is 43.8 Å². The van der Waals surface area contributed by atoms with Crippen molar-refractivity contribution in [3.05, 3.63) is 18.0 Å². The lowest BCUT2D eigenvalue weighted by atomic mass is 9.77. The third-order valence-electron chi connectivity index (χ3n) is 3.87. The van der Waals surface area contributed by atoms with Crippen LogP contribution in [0.25, 0.3) is 0 Å². The second-order valence-corrected chi connectivity index (χ2v) is 5.40. The lowest BCUT2D eigenvalue weighted by molar-refractivity contribution is 0.234. The summed E-state index contributed by atoms with van der Waals surface area (Å²) in [4.78, 5) is 0. The summed E-state index contributed by atoms with van der Waals surface area (Å²) in [6.45, 7) is 2.35. The Kier molecular flexibility index (Phi) is 3.64. The Balaban J connectivity index is 1.84. The van der Waals surface area contributed by atoms with Crippen molar-refractivity contribution in [1.82, 2.24) is 9.78 Å². The van der Waals surface area contributed by atoms with E-state index in [1.807, 2.05) is 17.9 Å². The van der Waals surface area contributed by atoms with Gasteiger partial charge in [-0.05, 0) is 49.5 Å². The van der Waals surface area contributed by atoms with Crippen LogP contribution in [-0.4, -0.2) is 15.8 Å². The van der Waals surface area contributed by atoms with Crippen LogP contribution in [0.15, 0.2) is 12.4 Å². The molecule has 1 heterocycles. The van der Waals surface area contributed by atoms with E-state index in [0.717, 1.165) is 12.3 Å². The van der Waals surface area contributed by atoms with Crippen LogP contribution >= 0.6 is 0 Å². The molecule has 1 aliphatic carbocycles. The molecule has 0 aromatic carbocycles. The van der Waals surface area contributed by atoms with Crippen LogP contribution in [0.2, 0.25) is 0 Å². The van der Waals surface area contributed by atoms with E-state index < -0.39 is 0 Å². The molecule has 2 rings (SSSR count). The van der Waals surface area contributed by atoms with Crippen molar-refractivity contribution in [2.24, 2.45) is 24.6 Å². The molecule has 1 aromatic heterocycles. The Morgan fingerprint density at radius 1 is 1.50 bits per heavy atom. The SMILES string of the molecule is CC1CCC(N)C(CCc2cnn(C)c2)C1. The van der Waals surface area contributed by atoms with Gasteiger partial charge in [0.05, 0.1) is 6.20 Å². The zero-order valence-corrected chi connectivity index (χ0v) is 10.4. The molecule has 3 nitrogen and oxygen atoms in total. The minimum Gasteiger partial charge on any atom is -0.327 e. The highest BCUT2D eigenvalue weighted by Gasteiger charge is 2.25. The Bertz CT molecular complexity index is 332. The first kappa shape index (κ1) is 11.6. The van der Waals surface area contributed by atoms with E-state index >= 15 is 0 Å². The van der Waals surface area contributed by atoms with E-state index in [-0.39, 0.29) is 0 Å². The molecular weight excluding hydrogens is 198 g/mol. The molecule has 0 aliphatic heterocycles. The highest BCUT2D eigenvalue weighted by molar-refractivity contribution is 5.04. The number of hydrogen-bond acceptors (Lipinski definition) is 2. The maximum atomic E-state index is 6.19. The van der Waals surface area contributed by atoms with Gasteiger partial charge in [0, 0.05) is 19.3 Å². The molecule has 0 bridgehead atoms. The van der Waals surface area contributed by atoms with Crippen LogP contribution in [0.1, 0.15) is 38.2 Å². The standard InChI is InChI=1S/C13H23N3/c1-10-3-6-13(14)12(7-10)5-4-11-8-15-16(2)9-11/h8-10,12-13H,3-7,14H2,1-2H3. The van der Waals surface area contributed by atoms with Gasteiger partial charge in [0.1, 0.15) is 0 Å². The molecule has 2 N–H and O–H groups in total. The number of rotatable bonds is 3. The second kappa shape index (κ2) is 5.00. The highest BCUT2D eigenvalue weighted by atomic mass is 15.2. The molecule has 0 radical (unpaired) electrons. The molecule has 1 saturated carbocycles. The highest BCUT2D eigenvalue weighted by Crippen LogP contribution is 2.30. The van der Waals surface area contributed by atoms with E-state index in [1.165, 1.54) is 31.2 Å². The number of hydrogen-bond donors (Lipinski definition) is 1. The first-order valence-corrected chi connectivity index (χ1v) is 6.38. The molecule has 0 amide bonds. The summed E-state index contributed by atoms with van der Waals surface area (Å²) >= 11 is 0. The molecule has 1 aromatic rings. The van der Waals surface area contributed by atoms with Gasteiger partial charge in [-0.15, -0.1) is 0 Å². The van der Waals surface area contributed by atoms with Gasteiger partial charge in [0.25, 0.3) is 0 Å². The summed E-state index contributed by atoms with van der Waals surface area (Å²) in [6, 6.07) is 0.424. The van der Waals surface area contributed by atoms with E-state index in [4.69, 9.17) is 5.73 Å². The maximum Gasteiger partial charge on any atom is 0.0521 e. The summed E-state index contributed by atoms with van der Waals surface area (Å²) < 4.78 is 1.87. The molecule has 1 aliphatic rings. The summed E-state index contributed by atoms with van der Waals surface area (Å²) in [5.74, 6) is 1.57. The molecule has 3 unspecified atom stereocenters. The normalized spacial score (nSPS) is 30.6. The Morgan fingerprint density at radius 3 is 3.00 bits per heavy atom. The smallest absolute Gasteiger partial charge is 0.0521 e. The Hall–Kier alpha value is -0.830. The fourth-order valence-electron chi connectivity index (χ4n) is 2.81. The lowest BCUT2D eigenvalue weighted by Crippen LogP contribution is -2.35. The van der Waals surface area contributed by atoms with Gasteiger partial charge >= 0.3 is 0 Å². The van der Waals surface area contributed by atoms with Gasteiger partial charge in [-0.25, -0.2) is 0 Å². The van der Waals surface area contributed by atoms with Gasteiger partial charge in [-0.2, -0.15) is 5.10 Å². The minimum atomic E-state index is 0.424. The lowest BCUT2D eigenvalue weighted by Gasteiger charge is -2.32. The molecule has 90 valence electrons. The quantitative estimate of drug-likeness (QED) is 0.849. The van der Waals surface area contributed by atoms with Gasteiger partial charge in [0.2, 0.25) is 0 Å². The molecule has 3 heteroatoms. The zero-order chi connectivity index (χ0) is 11.5. The van der Waals surface area contributed by atoms with E-state index in [9.17, 15) is 0 Å². The monoisotopic (exact) mass is 221 g/mol. The molecule has 0 saturated heterocycles. The van der Waals surface area contributed by atoms with Crippen LogP contribution in [0.5, 0.6) is 0 Å². The summed E-state index contributed by atoms with van der Waals surface area (Å²) in [7, 11) is 1.97. The largest absolute Gasteiger partial charge is 0.327 e. The average Bonchev–Trinajstić information content (AvgIpc) is 2.66. The third-order valence-corrected chi connectivity index (χ3v) is 3.87. The van der Waals surface area contributed by atoms with E-state index in [0.29, 0.717) is 12.0 Å². The van der Waals surface area contributed by atoms with Crippen LogP contribution in [0.3, 0.4) is 0 Å². The van der Waals surface area contributed by atoms with Crippen molar-refractivity contribution in [1.29, 1.82) is 0 Å². The Labute approximate surface area is 98.0 Å². The fraction of sp³-hybridized carbons (Fsp3) is 0.769. The maximum absolute atomic E-state index is 6.19. The van der Waals surface area contributed by atoms with Crippen molar-refractivity contribution in [3.63, 3.8) is 0 Å². The molecule has 0 spiro atoms. The summed E-state index contributed by atoms with van der Waals surface area (Å²) in [5, 5.41) is 4.20.